The number of carboxylic acid groups (broad SMARTS) is 1. The van der Waals surface area contributed by atoms with Gasteiger partial charge < -0.3 is 5.11 Å². The molecule has 0 spiro atoms. The van der Waals surface area contributed by atoms with Crippen LogP contribution in [0.4, 0.5) is 10.2 Å². The van der Waals surface area contributed by atoms with Gasteiger partial charge in [-0.05, 0) is 36.4 Å². The van der Waals surface area contributed by atoms with Crippen molar-refractivity contribution in [3.8, 4) is 0 Å². The Morgan fingerprint density at radius 2 is 1.85 bits per heavy atom. The van der Waals surface area contributed by atoms with Crippen LogP contribution in [0.2, 0.25) is 0 Å². The first kappa shape index (κ1) is 13.9. The van der Waals surface area contributed by atoms with Gasteiger partial charge in [-0.3, -0.25) is 4.72 Å². The third-order valence-corrected chi connectivity index (χ3v) is 3.74. The highest BCUT2D eigenvalue weighted by Gasteiger charge is 2.15. The molecule has 6 nitrogen and oxygen atoms in total. The van der Waals surface area contributed by atoms with Crippen LogP contribution in [-0.4, -0.2) is 24.5 Å². The fraction of sp³-hybridized carbons (Fsp3) is 0. The van der Waals surface area contributed by atoms with Crippen LogP contribution < -0.4 is 4.72 Å². The van der Waals surface area contributed by atoms with Gasteiger partial charge in [0.15, 0.2) is 0 Å². The average Bonchev–Trinajstić information content (AvgIpc) is 2.39. The molecule has 0 aliphatic carbocycles. The Kier molecular flexibility index (Phi) is 3.66. The highest BCUT2D eigenvalue weighted by molar-refractivity contribution is 7.92. The van der Waals surface area contributed by atoms with Crippen molar-refractivity contribution >= 4 is 21.8 Å². The second-order valence-corrected chi connectivity index (χ2v) is 5.48. The number of nitrogens with one attached hydrogen (secondary N) is 1. The highest BCUT2D eigenvalue weighted by Crippen LogP contribution is 2.15. The molecule has 0 fully saturated rings. The van der Waals surface area contributed by atoms with Gasteiger partial charge in [0.1, 0.15) is 11.6 Å². The second-order valence-electron chi connectivity index (χ2n) is 3.79. The van der Waals surface area contributed by atoms with Gasteiger partial charge in [0.2, 0.25) is 0 Å². The number of halogens is 1. The molecule has 2 aromatic rings. The van der Waals surface area contributed by atoms with E-state index in [9.17, 15) is 17.6 Å². The summed E-state index contributed by atoms with van der Waals surface area (Å²) in [6.45, 7) is 0. The summed E-state index contributed by atoms with van der Waals surface area (Å²) in [4.78, 5) is 14.4. The summed E-state index contributed by atoms with van der Waals surface area (Å²) >= 11 is 0. The van der Waals surface area contributed by atoms with Crippen molar-refractivity contribution in [1.82, 2.24) is 4.98 Å². The Labute approximate surface area is 114 Å². The zero-order chi connectivity index (χ0) is 14.8. The number of aromatic nitrogens is 1. The standard InChI is InChI=1S/C12H9FN2O4S/c13-9-1-3-10(4-2-9)20(18,19)15-11-7-8(12(16)17)5-6-14-11/h1-7H,(H,14,15)(H,16,17). The molecule has 8 heteroatoms. The molecule has 0 aliphatic heterocycles. The van der Waals surface area contributed by atoms with Gasteiger partial charge in [-0.1, -0.05) is 0 Å². The van der Waals surface area contributed by atoms with Crippen LogP contribution in [0.3, 0.4) is 0 Å². The van der Waals surface area contributed by atoms with Crippen molar-refractivity contribution in [2.45, 2.75) is 4.90 Å². The van der Waals surface area contributed by atoms with Crippen molar-refractivity contribution in [3.63, 3.8) is 0 Å². The van der Waals surface area contributed by atoms with Gasteiger partial charge in [-0.2, -0.15) is 0 Å². The summed E-state index contributed by atoms with van der Waals surface area (Å²) in [5, 5.41) is 8.81. The van der Waals surface area contributed by atoms with E-state index in [1.165, 1.54) is 12.3 Å². The maximum atomic E-state index is 12.8. The lowest BCUT2D eigenvalue weighted by atomic mass is 10.3. The van der Waals surface area contributed by atoms with E-state index in [-0.39, 0.29) is 16.3 Å². The smallest absolute Gasteiger partial charge is 0.335 e. The third kappa shape index (κ3) is 3.09. The van der Waals surface area contributed by atoms with E-state index in [1.54, 1.807) is 0 Å². The number of rotatable bonds is 4. The normalized spacial score (nSPS) is 11.1. The Morgan fingerprint density at radius 3 is 2.45 bits per heavy atom. The lowest BCUT2D eigenvalue weighted by molar-refractivity contribution is 0.0697. The molecular formula is C12H9FN2O4S. The average molecular weight is 296 g/mol. The predicted octanol–water partition coefficient (Wildman–Crippen LogP) is 1.72. The SMILES string of the molecule is O=C(O)c1ccnc(NS(=O)(=O)c2ccc(F)cc2)c1. The van der Waals surface area contributed by atoms with Crippen LogP contribution >= 0.6 is 0 Å². The highest BCUT2D eigenvalue weighted by atomic mass is 32.2. The summed E-state index contributed by atoms with van der Waals surface area (Å²) in [7, 11) is -3.94. The number of carboxylic acids is 1. The quantitative estimate of drug-likeness (QED) is 0.895. The molecule has 1 aromatic heterocycles. The third-order valence-electron chi connectivity index (χ3n) is 2.37. The maximum Gasteiger partial charge on any atom is 0.335 e. The second kappa shape index (κ2) is 5.25. The minimum Gasteiger partial charge on any atom is -0.478 e. The number of hydrogen-bond donors (Lipinski definition) is 2. The molecule has 0 atom stereocenters. The van der Waals surface area contributed by atoms with Crippen molar-refractivity contribution in [2.75, 3.05) is 4.72 Å². The number of pyridine rings is 1. The number of hydrogen-bond acceptors (Lipinski definition) is 4. The largest absolute Gasteiger partial charge is 0.478 e. The molecule has 1 aromatic carbocycles. The fourth-order valence-corrected chi connectivity index (χ4v) is 2.43. The number of aromatic carboxylic acids is 1. The minimum absolute atomic E-state index is 0.100. The minimum atomic E-state index is -3.94. The van der Waals surface area contributed by atoms with E-state index in [4.69, 9.17) is 5.11 Å². The summed E-state index contributed by atoms with van der Waals surface area (Å²) in [5.41, 5.74) is -0.100. The Bertz CT molecular complexity index is 744. The number of anilines is 1. The number of nitrogens with zero attached hydrogens (tertiary/aromatic N) is 1. The van der Waals surface area contributed by atoms with E-state index >= 15 is 0 Å². The summed E-state index contributed by atoms with van der Waals surface area (Å²) in [5.74, 6) is -1.89. The molecule has 20 heavy (non-hydrogen) atoms. The van der Waals surface area contributed by atoms with E-state index < -0.39 is 21.8 Å². The molecule has 0 bridgehead atoms. The summed E-state index contributed by atoms with van der Waals surface area (Å²) < 4.78 is 38.8. The van der Waals surface area contributed by atoms with Gasteiger partial charge in [-0.15, -0.1) is 0 Å². The topological polar surface area (TPSA) is 96.4 Å². The molecule has 2 N–H and O–H groups in total. The van der Waals surface area contributed by atoms with Crippen LogP contribution in [0.1, 0.15) is 10.4 Å². The van der Waals surface area contributed by atoms with Crippen LogP contribution in [0, 0.1) is 5.82 Å². The van der Waals surface area contributed by atoms with Crippen LogP contribution in [-0.2, 0) is 10.0 Å². The monoisotopic (exact) mass is 296 g/mol. The molecule has 0 saturated heterocycles. The van der Waals surface area contributed by atoms with E-state index in [1.807, 2.05) is 0 Å². The zero-order valence-corrected chi connectivity index (χ0v) is 10.8. The molecule has 0 amide bonds. The number of sulfonamides is 1. The van der Waals surface area contributed by atoms with Crippen molar-refractivity contribution < 1.29 is 22.7 Å². The van der Waals surface area contributed by atoms with E-state index in [0.717, 1.165) is 30.3 Å². The van der Waals surface area contributed by atoms with Gasteiger partial charge in [0.25, 0.3) is 10.0 Å². The summed E-state index contributed by atoms with van der Waals surface area (Å²) in [6, 6.07) is 6.53. The predicted molar refractivity (Wildman–Crippen MR) is 68.4 cm³/mol. The Balaban J connectivity index is 2.31. The summed E-state index contributed by atoms with van der Waals surface area (Å²) in [6.07, 6.45) is 1.17. The first-order chi connectivity index (χ1) is 9.38. The van der Waals surface area contributed by atoms with Crippen LogP contribution in [0.15, 0.2) is 47.5 Å². The van der Waals surface area contributed by atoms with Crippen molar-refractivity contribution in [2.24, 2.45) is 0 Å². The van der Waals surface area contributed by atoms with Crippen molar-refractivity contribution in [1.29, 1.82) is 0 Å². The fourth-order valence-electron chi connectivity index (χ4n) is 1.43. The molecule has 0 unspecified atom stereocenters. The Morgan fingerprint density at radius 1 is 1.20 bits per heavy atom. The first-order valence-electron chi connectivity index (χ1n) is 5.36. The van der Waals surface area contributed by atoms with E-state index in [2.05, 4.69) is 9.71 Å². The Hall–Kier alpha value is -2.48. The molecule has 104 valence electrons. The van der Waals surface area contributed by atoms with Gasteiger partial charge in [-0.25, -0.2) is 22.6 Å². The molecule has 0 saturated carbocycles. The first-order valence-corrected chi connectivity index (χ1v) is 6.84. The zero-order valence-electron chi connectivity index (χ0n) is 9.95. The van der Waals surface area contributed by atoms with Gasteiger partial charge >= 0.3 is 5.97 Å². The molecule has 2 rings (SSSR count). The molecular weight excluding hydrogens is 287 g/mol. The number of carbonyl (C=O) groups is 1. The lowest BCUT2D eigenvalue weighted by Gasteiger charge is -2.07. The molecule has 0 aliphatic rings. The van der Waals surface area contributed by atoms with E-state index in [0.29, 0.717) is 0 Å². The van der Waals surface area contributed by atoms with Crippen LogP contribution in [0.5, 0.6) is 0 Å². The molecule has 0 radical (unpaired) electrons. The van der Waals surface area contributed by atoms with Gasteiger partial charge in [0.05, 0.1) is 10.5 Å². The van der Waals surface area contributed by atoms with Gasteiger partial charge in [0, 0.05) is 6.20 Å². The van der Waals surface area contributed by atoms with Crippen molar-refractivity contribution in [3.05, 3.63) is 54.0 Å². The molecule has 1 heterocycles. The number of benzene rings is 1. The van der Waals surface area contributed by atoms with Crippen LogP contribution in [0.25, 0.3) is 0 Å². The lowest BCUT2D eigenvalue weighted by Crippen LogP contribution is -2.14. The maximum absolute atomic E-state index is 12.8.